The van der Waals surface area contributed by atoms with E-state index in [1.165, 1.54) is 11.5 Å². The average molecular weight is 228 g/mol. The molecule has 1 fully saturated rings. The first-order valence-corrected chi connectivity index (χ1v) is 5.82. The van der Waals surface area contributed by atoms with E-state index in [1.807, 2.05) is 0 Å². The Morgan fingerprint density at radius 2 is 2.40 bits per heavy atom. The lowest BCUT2D eigenvalue weighted by atomic mass is 9.94. The third kappa shape index (κ3) is 2.79. The number of rotatable bonds is 2. The van der Waals surface area contributed by atoms with Gasteiger partial charge in [-0.1, -0.05) is 0 Å². The number of anilines is 2. The molecule has 2 heterocycles. The van der Waals surface area contributed by atoms with Crippen LogP contribution in [0.25, 0.3) is 0 Å². The summed E-state index contributed by atoms with van der Waals surface area (Å²) >= 11 is 1.31. The number of nitrogens with two attached hydrogens (primary N) is 1. The standard InChI is InChI=1S/C9H16N4OS/c1-9(2)5-6(3-4-14-9)11-8-12-7(10)13-15-8/h6H,3-5H2,1-2H3,(H3,10,11,12,13). The predicted octanol–water partition coefficient (Wildman–Crippen LogP) is 1.49. The van der Waals surface area contributed by atoms with Crippen LogP contribution >= 0.6 is 11.5 Å². The number of nitrogens with zero attached hydrogens (tertiary/aromatic N) is 2. The van der Waals surface area contributed by atoms with Crippen LogP contribution in [0.1, 0.15) is 26.7 Å². The number of hydrogen-bond donors (Lipinski definition) is 2. The maximum atomic E-state index is 5.64. The summed E-state index contributed by atoms with van der Waals surface area (Å²) in [6, 6.07) is 0.404. The van der Waals surface area contributed by atoms with Gasteiger partial charge in [0.25, 0.3) is 0 Å². The molecule has 1 aromatic rings. The molecule has 0 spiro atoms. The van der Waals surface area contributed by atoms with Crippen molar-refractivity contribution in [1.29, 1.82) is 0 Å². The molecule has 0 bridgehead atoms. The molecule has 1 atom stereocenters. The highest BCUT2D eigenvalue weighted by molar-refractivity contribution is 7.09. The van der Waals surface area contributed by atoms with Gasteiger partial charge in [0, 0.05) is 24.2 Å². The highest BCUT2D eigenvalue weighted by Gasteiger charge is 2.29. The Balaban J connectivity index is 1.95. The van der Waals surface area contributed by atoms with Crippen molar-refractivity contribution >= 4 is 22.6 Å². The van der Waals surface area contributed by atoms with Crippen molar-refractivity contribution in [1.82, 2.24) is 9.36 Å². The highest BCUT2D eigenvalue weighted by Crippen LogP contribution is 2.26. The van der Waals surface area contributed by atoms with Crippen molar-refractivity contribution < 1.29 is 4.74 Å². The van der Waals surface area contributed by atoms with Crippen molar-refractivity contribution in [3.05, 3.63) is 0 Å². The van der Waals surface area contributed by atoms with Crippen LogP contribution in [0, 0.1) is 0 Å². The Hall–Kier alpha value is -0.880. The van der Waals surface area contributed by atoms with E-state index in [0.717, 1.165) is 24.6 Å². The van der Waals surface area contributed by atoms with Crippen LogP contribution in [0.5, 0.6) is 0 Å². The zero-order chi connectivity index (χ0) is 10.9. The van der Waals surface area contributed by atoms with Crippen LogP contribution in [0.15, 0.2) is 0 Å². The Kier molecular flexibility index (Phi) is 2.79. The zero-order valence-electron chi connectivity index (χ0n) is 8.99. The van der Waals surface area contributed by atoms with Gasteiger partial charge in [-0.05, 0) is 26.7 Å². The molecule has 6 heteroatoms. The van der Waals surface area contributed by atoms with Gasteiger partial charge in [-0.25, -0.2) is 0 Å². The van der Waals surface area contributed by atoms with E-state index >= 15 is 0 Å². The second-order valence-corrected chi connectivity index (χ2v) is 5.15. The van der Waals surface area contributed by atoms with Crippen molar-refractivity contribution in [3.8, 4) is 0 Å². The fraction of sp³-hybridized carbons (Fsp3) is 0.778. The van der Waals surface area contributed by atoms with Crippen LogP contribution in [0.4, 0.5) is 11.1 Å². The van der Waals surface area contributed by atoms with Crippen LogP contribution < -0.4 is 11.1 Å². The quantitative estimate of drug-likeness (QED) is 0.802. The average Bonchev–Trinajstić information content (AvgIpc) is 2.49. The number of hydrogen-bond acceptors (Lipinski definition) is 6. The van der Waals surface area contributed by atoms with Gasteiger partial charge in [-0.2, -0.15) is 9.36 Å². The second-order valence-electron chi connectivity index (χ2n) is 4.40. The van der Waals surface area contributed by atoms with Gasteiger partial charge < -0.3 is 15.8 Å². The topological polar surface area (TPSA) is 73.1 Å². The zero-order valence-corrected chi connectivity index (χ0v) is 9.80. The van der Waals surface area contributed by atoms with Crippen molar-refractivity contribution in [3.63, 3.8) is 0 Å². The van der Waals surface area contributed by atoms with Crippen molar-refractivity contribution in [2.75, 3.05) is 17.7 Å². The fourth-order valence-electron chi connectivity index (χ4n) is 1.82. The molecule has 0 aliphatic carbocycles. The van der Waals surface area contributed by atoms with Crippen LogP contribution in [-0.4, -0.2) is 27.6 Å². The molecule has 5 nitrogen and oxygen atoms in total. The molecular formula is C9H16N4OS. The van der Waals surface area contributed by atoms with E-state index < -0.39 is 0 Å². The molecule has 3 N–H and O–H groups in total. The summed E-state index contributed by atoms with van der Waals surface area (Å²) in [7, 11) is 0. The van der Waals surface area contributed by atoms with Gasteiger partial charge in [0.05, 0.1) is 5.60 Å². The summed E-state index contributed by atoms with van der Waals surface area (Å²) < 4.78 is 9.57. The van der Waals surface area contributed by atoms with Gasteiger partial charge in [-0.15, -0.1) is 0 Å². The number of ether oxygens (including phenoxy) is 1. The SMILES string of the molecule is CC1(C)CC(Nc2nc(N)ns2)CCO1. The summed E-state index contributed by atoms with van der Waals surface area (Å²) in [6.07, 6.45) is 1.98. The minimum atomic E-state index is -0.0495. The first-order chi connectivity index (χ1) is 7.05. The summed E-state index contributed by atoms with van der Waals surface area (Å²) in [6.45, 7) is 5.00. The van der Waals surface area contributed by atoms with E-state index in [1.54, 1.807) is 0 Å². The van der Waals surface area contributed by atoms with E-state index in [0.29, 0.717) is 12.0 Å². The predicted molar refractivity (Wildman–Crippen MR) is 61.0 cm³/mol. The molecule has 0 amide bonds. The molecule has 1 saturated heterocycles. The van der Waals surface area contributed by atoms with Gasteiger partial charge in [-0.3, -0.25) is 0 Å². The molecule has 1 aliphatic heterocycles. The van der Waals surface area contributed by atoms with Crippen LogP contribution in [0.2, 0.25) is 0 Å². The second kappa shape index (κ2) is 3.94. The lowest BCUT2D eigenvalue weighted by Crippen LogP contribution is -2.40. The van der Waals surface area contributed by atoms with Crippen molar-refractivity contribution in [2.24, 2.45) is 0 Å². The third-order valence-corrected chi connectivity index (χ3v) is 3.13. The first kappa shape index (κ1) is 10.6. The molecule has 0 saturated carbocycles. The molecule has 84 valence electrons. The van der Waals surface area contributed by atoms with E-state index in [2.05, 4.69) is 28.5 Å². The van der Waals surface area contributed by atoms with Gasteiger partial charge >= 0.3 is 0 Å². The summed E-state index contributed by atoms with van der Waals surface area (Å²) in [5.74, 6) is 0.341. The Morgan fingerprint density at radius 3 is 3.00 bits per heavy atom. The molecule has 0 radical (unpaired) electrons. The Labute approximate surface area is 93.2 Å². The third-order valence-electron chi connectivity index (χ3n) is 2.47. The lowest BCUT2D eigenvalue weighted by Gasteiger charge is -2.35. The maximum Gasteiger partial charge on any atom is 0.233 e. The summed E-state index contributed by atoms with van der Waals surface area (Å²) in [5, 5.41) is 4.14. The van der Waals surface area contributed by atoms with Gasteiger partial charge in [0.15, 0.2) is 0 Å². The van der Waals surface area contributed by atoms with E-state index in [-0.39, 0.29) is 5.60 Å². The molecule has 1 aliphatic rings. The monoisotopic (exact) mass is 228 g/mol. The normalized spacial score (nSPS) is 25.1. The molecule has 2 rings (SSSR count). The van der Waals surface area contributed by atoms with E-state index in [9.17, 15) is 0 Å². The minimum absolute atomic E-state index is 0.0495. The van der Waals surface area contributed by atoms with E-state index in [4.69, 9.17) is 10.5 Å². The van der Waals surface area contributed by atoms with Gasteiger partial charge in [0.2, 0.25) is 11.1 Å². The van der Waals surface area contributed by atoms with Crippen LogP contribution in [0.3, 0.4) is 0 Å². The smallest absolute Gasteiger partial charge is 0.233 e. The fourth-order valence-corrected chi connectivity index (χ4v) is 2.40. The van der Waals surface area contributed by atoms with Gasteiger partial charge in [0.1, 0.15) is 0 Å². The summed E-state index contributed by atoms with van der Waals surface area (Å²) in [5.41, 5.74) is 5.41. The molecular weight excluding hydrogens is 212 g/mol. The number of nitrogens with one attached hydrogen (secondary N) is 1. The minimum Gasteiger partial charge on any atom is -0.375 e. The summed E-state index contributed by atoms with van der Waals surface area (Å²) in [4.78, 5) is 4.09. The van der Waals surface area contributed by atoms with Crippen molar-refractivity contribution in [2.45, 2.75) is 38.3 Å². The highest BCUT2D eigenvalue weighted by atomic mass is 32.1. The molecule has 15 heavy (non-hydrogen) atoms. The Morgan fingerprint density at radius 1 is 1.60 bits per heavy atom. The molecule has 0 aromatic carbocycles. The molecule has 1 aromatic heterocycles. The van der Waals surface area contributed by atoms with Crippen LogP contribution in [-0.2, 0) is 4.74 Å². The largest absolute Gasteiger partial charge is 0.375 e. The number of nitrogen functional groups attached to an aromatic ring is 1. The maximum absolute atomic E-state index is 5.64. The first-order valence-electron chi connectivity index (χ1n) is 5.05. The molecule has 1 unspecified atom stereocenters. The number of aromatic nitrogens is 2. The Bertz CT molecular complexity index is 339. The lowest BCUT2D eigenvalue weighted by molar-refractivity contribution is -0.0553.